The Hall–Kier alpha value is -4.24. The van der Waals surface area contributed by atoms with Crippen LogP contribution in [0.2, 0.25) is 0 Å². The average Bonchev–Trinajstić information content (AvgIpc) is 2.83. The summed E-state index contributed by atoms with van der Waals surface area (Å²) in [6.07, 6.45) is 0. The van der Waals surface area contributed by atoms with Crippen molar-refractivity contribution in [3.63, 3.8) is 0 Å². The number of aromatic carboxylic acids is 1. The fourth-order valence-electron chi connectivity index (χ4n) is 3.65. The van der Waals surface area contributed by atoms with Crippen LogP contribution in [-0.4, -0.2) is 53.2 Å². The highest BCUT2D eigenvalue weighted by atomic mass is 16.4. The summed E-state index contributed by atoms with van der Waals surface area (Å²) in [6, 6.07) is 20.8. The lowest BCUT2D eigenvalue weighted by atomic mass is 10.1. The molecule has 1 aliphatic heterocycles. The molecule has 1 fully saturated rings. The van der Waals surface area contributed by atoms with Gasteiger partial charge in [-0.1, -0.05) is 30.0 Å². The van der Waals surface area contributed by atoms with E-state index in [1.54, 1.807) is 54.6 Å². The molecular formula is C26H22N2O4. The number of carboxylic acid groups (broad SMARTS) is 1. The van der Waals surface area contributed by atoms with Crippen molar-refractivity contribution < 1.29 is 19.8 Å². The van der Waals surface area contributed by atoms with Gasteiger partial charge in [0.2, 0.25) is 0 Å². The first-order valence-corrected chi connectivity index (χ1v) is 10.3. The fourth-order valence-corrected chi connectivity index (χ4v) is 3.65. The highest BCUT2D eigenvalue weighted by Crippen LogP contribution is 2.19. The molecule has 3 aromatic rings. The van der Waals surface area contributed by atoms with Crippen LogP contribution in [0.1, 0.15) is 31.8 Å². The van der Waals surface area contributed by atoms with Crippen LogP contribution < -0.4 is 4.90 Å². The van der Waals surface area contributed by atoms with Gasteiger partial charge in [0.15, 0.2) is 0 Å². The standard InChI is InChI=1S/C26H22N2O4/c29-23-6-3-4-19(18-23)8-9-20-5-1-2-7-24(20)25(30)28-16-14-27(15-17-28)22-12-10-21(11-13-22)26(31)32/h1-7,10-13,18,29H,14-17H2,(H,31,32). The van der Waals surface area contributed by atoms with E-state index < -0.39 is 5.97 Å². The number of rotatable bonds is 3. The molecule has 0 spiro atoms. The van der Waals surface area contributed by atoms with E-state index >= 15 is 0 Å². The van der Waals surface area contributed by atoms with Gasteiger partial charge in [-0.3, -0.25) is 4.79 Å². The number of carbonyl (C=O) groups is 2. The van der Waals surface area contributed by atoms with Crippen molar-refractivity contribution in [3.8, 4) is 17.6 Å². The highest BCUT2D eigenvalue weighted by molar-refractivity contribution is 5.97. The maximum atomic E-state index is 13.2. The zero-order chi connectivity index (χ0) is 22.5. The molecule has 0 radical (unpaired) electrons. The zero-order valence-corrected chi connectivity index (χ0v) is 17.4. The lowest BCUT2D eigenvalue weighted by molar-refractivity contribution is 0.0695. The zero-order valence-electron chi connectivity index (χ0n) is 17.4. The van der Waals surface area contributed by atoms with Gasteiger partial charge in [0.05, 0.1) is 11.1 Å². The van der Waals surface area contributed by atoms with Crippen LogP contribution in [0.3, 0.4) is 0 Å². The van der Waals surface area contributed by atoms with E-state index in [0.29, 0.717) is 42.9 Å². The normalized spacial score (nSPS) is 13.2. The van der Waals surface area contributed by atoms with Gasteiger partial charge < -0.3 is 20.0 Å². The van der Waals surface area contributed by atoms with E-state index in [-0.39, 0.29) is 17.2 Å². The molecule has 1 amide bonds. The molecule has 1 aliphatic rings. The molecule has 0 saturated carbocycles. The van der Waals surface area contributed by atoms with Crippen molar-refractivity contribution in [1.82, 2.24) is 4.90 Å². The Morgan fingerprint density at radius 3 is 2.22 bits per heavy atom. The minimum atomic E-state index is -0.946. The molecule has 0 atom stereocenters. The van der Waals surface area contributed by atoms with Gasteiger partial charge in [-0.25, -0.2) is 4.79 Å². The first-order valence-electron chi connectivity index (χ1n) is 10.3. The fraction of sp³-hybridized carbons (Fsp3) is 0.154. The Morgan fingerprint density at radius 1 is 0.812 bits per heavy atom. The molecule has 2 N–H and O–H groups in total. The third-order valence-electron chi connectivity index (χ3n) is 5.39. The summed E-state index contributed by atoms with van der Waals surface area (Å²) in [7, 11) is 0. The van der Waals surface area contributed by atoms with Crippen LogP contribution in [0, 0.1) is 11.8 Å². The number of hydrogen-bond donors (Lipinski definition) is 2. The highest BCUT2D eigenvalue weighted by Gasteiger charge is 2.23. The number of benzene rings is 3. The number of anilines is 1. The number of aromatic hydroxyl groups is 1. The Labute approximate surface area is 186 Å². The molecule has 4 rings (SSSR count). The molecule has 1 saturated heterocycles. The smallest absolute Gasteiger partial charge is 0.335 e. The minimum absolute atomic E-state index is 0.0633. The van der Waals surface area contributed by atoms with Crippen LogP contribution in [-0.2, 0) is 0 Å². The predicted octanol–water partition coefficient (Wildman–Crippen LogP) is 3.45. The monoisotopic (exact) mass is 426 g/mol. The third-order valence-corrected chi connectivity index (χ3v) is 5.39. The van der Waals surface area contributed by atoms with Crippen molar-refractivity contribution in [1.29, 1.82) is 0 Å². The topological polar surface area (TPSA) is 81.1 Å². The quantitative estimate of drug-likeness (QED) is 0.627. The molecule has 0 bridgehead atoms. The molecule has 1 heterocycles. The lowest BCUT2D eigenvalue weighted by Crippen LogP contribution is -2.49. The van der Waals surface area contributed by atoms with Gasteiger partial charge >= 0.3 is 5.97 Å². The molecule has 0 unspecified atom stereocenters. The summed E-state index contributed by atoms with van der Waals surface area (Å²) in [4.78, 5) is 28.2. The molecule has 6 heteroatoms. The second-order valence-corrected chi connectivity index (χ2v) is 7.48. The maximum absolute atomic E-state index is 13.2. The number of phenolic OH excluding ortho intramolecular Hbond substituents is 1. The summed E-state index contributed by atoms with van der Waals surface area (Å²) >= 11 is 0. The molecule has 0 aromatic heterocycles. The van der Waals surface area contributed by atoms with Gasteiger partial charge in [0, 0.05) is 43.0 Å². The van der Waals surface area contributed by atoms with Crippen molar-refractivity contribution in [2.75, 3.05) is 31.1 Å². The van der Waals surface area contributed by atoms with E-state index in [9.17, 15) is 14.7 Å². The Kier molecular flexibility index (Phi) is 6.09. The summed E-state index contributed by atoms with van der Waals surface area (Å²) < 4.78 is 0. The van der Waals surface area contributed by atoms with Crippen molar-refractivity contribution in [2.24, 2.45) is 0 Å². The van der Waals surface area contributed by atoms with Crippen molar-refractivity contribution >= 4 is 17.6 Å². The van der Waals surface area contributed by atoms with Crippen molar-refractivity contribution in [2.45, 2.75) is 0 Å². The summed E-state index contributed by atoms with van der Waals surface area (Å²) in [5, 5.41) is 18.7. The largest absolute Gasteiger partial charge is 0.508 e. The number of hydrogen-bond acceptors (Lipinski definition) is 4. The van der Waals surface area contributed by atoms with Crippen LogP contribution in [0.5, 0.6) is 5.75 Å². The van der Waals surface area contributed by atoms with E-state index in [1.165, 1.54) is 0 Å². The number of nitrogens with zero attached hydrogens (tertiary/aromatic N) is 2. The average molecular weight is 426 g/mol. The molecule has 0 aliphatic carbocycles. The first kappa shape index (κ1) is 21.0. The van der Waals surface area contributed by atoms with Crippen LogP contribution in [0.15, 0.2) is 72.8 Å². The Balaban J connectivity index is 1.45. The second kappa shape index (κ2) is 9.27. The first-order chi connectivity index (χ1) is 15.5. The minimum Gasteiger partial charge on any atom is -0.508 e. The van der Waals surface area contributed by atoms with Gasteiger partial charge in [-0.05, 0) is 54.6 Å². The predicted molar refractivity (Wildman–Crippen MR) is 122 cm³/mol. The van der Waals surface area contributed by atoms with Crippen molar-refractivity contribution in [3.05, 3.63) is 95.1 Å². The van der Waals surface area contributed by atoms with E-state index in [0.717, 1.165) is 5.69 Å². The van der Waals surface area contributed by atoms with Crippen LogP contribution >= 0.6 is 0 Å². The summed E-state index contributed by atoms with van der Waals surface area (Å²) in [5.74, 6) is 5.21. The van der Waals surface area contributed by atoms with Gasteiger partial charge in [0.25, 0.3) is 5.91 Å². The lowest BCUT2D eigenvalue weighted by Gasteiger charge is -2.36. The van der Waals surface area contributed by atoms with Gasteiger partial charge in [0.1, 0.15) is 5.75 Å². The SMILES string of the molecule is O=C(O)c1ccc(N2CCN(C(=O)c3ccccc3C#Cc3cccc(O)c3)CC2)cc1. The molecule has 3 aromatic carbocycles. The van der Waals surface area contributed by atoms with E-state index in [4.69, 9.17) is 5.11 Å². The van der Waals surface area contributed by atoms with Crippen LogP contribution in [0.4, 0.5) is 5.69 Å². The third kappa shape index (κ3) is 4.73. The molecule has 32 heavy (non-hydrogen) atoms. The summed E-state index contributed by atoms with van der Waals surface area (Å²) in [6.45, 7) is 2.45. The maximum Gasteiger partial charge on any atom is 0.335 e. The molecular weight excluding hydrogens is 404 g/mol. The number of carbonyl (C=O) groups excluding carboxylic acids is 1. The molecule has 160 valence electrons. The second-order valence-electron chi connectivity index (χ2n) is 7.48. The Bertz CT molecular complexity index is 1200. The van der Waals surface area contributed by atoms with Gasteiger partial charge in [-0.15, -0.1) is 0 Å². The van der Waals surface area contributed by atoms with Gasteiger partial charge in [-0.2, -0.15) is 0 Å². The summed E-state index contributed by atoms with van der Waals surface area (Å²) in [5.41, 5.74) is 3.08. The number of piperazine rings is 1. The number of phenols is 1. The number of carboxylic acids is 1. The van der Waals surface area contributed by atoms with Crippen LogP contribution in [0.25, 0.3) is 0 Å². The number of amides is 1. The van der Waals surface area contributed by atoms with E-state index in [1.807, 2.05) is 23.1 Å². The Morgan fingerprint density at radius 2 is 1.53 bits per heavy atom. The van der Waals surface area contributed by atoms with E-state index in [2.05, 4.69) is 16.7 Å². The molecule has 6 nitrogen and oxygen atoms in total.